The molecule has 1 unspecified atom stereocenters. The van der Waals surface area contributed by atoms with E-state index in [1.807, 2.05) is 30.1 Å². The van der Waals surface area contributed by atoms with Crippen LogP contribution in [0.2, 0.25) is 0 Å². The van der Waals surface area contributed by atoms with Crippen LogP contribution in [-0.2, 0) is 16.1 Å². The molecule has 0 aliphatic carbocycles. The lowest BCUT2D eigenvalue weighted by atomic mass is 10.2. The molecule has 0 aromatic heterocycles. The molecule has 0 bridgehead atoms. The van der Waals surface area contributed by atoms with Gasteiger partial charge >= 0.3 is 0 Å². The van der Waals surface area contributed by atoms with Gasteiger partial charge in [0.1, 0.15) is 13.2 Å². The van der Waals surface area contributed by atoms with Crippen LogP contribution >= 0.6 is 0 Å². The summed E-state index contributed by atoms with van der Waals surface area (Å²) in [6.45, 7) is 3.64. The van der Waals surface area contributed by atoms with E-state index >= 15 is 0 Å². The van der Waals surface area contributed by atoms with Gasteiger partial charge in [0.2, 0.25) is 5.91 Å². The lowest BCUT2D eigenvalue weighted by Gasteiger charge is -2.21. The third-order valence-corrected chi connectivity index (χ3v) is 4.02. The van der Waals surface area contributed by atoms with Crippen molar-refractivity contribution in [3.63, 3.8) is 0 Å². The van der Waals surface area contributed by atoms with Crippen molar-refractivity contribution in [1.82, 2.24) is 10.2 Å². The molecule has 2 aliphatic rings. The zero-order chi connectivity index (χ0) is 16.1. The Morgan fingerprint density at radius 3 is 2.87 bits per heavy atom. The highest BCUT2D eigenvalue weighted by molar-refractivity contribution is 5.78. The third kappa shape index (κ3) is 4.59. The smallest absolute Gasteiger partial charge is 0.234 e. The van der Waals surface area contributed by atoms with Crippen LogP contribution in [0.25, 0.3) is 0 Å². The number of ether oxygens (including phenoxy) is 3. The topological polar surface area (TPSA) is 60.0 Å². The van der Waals surface area contributed by atoms with Gasteiger partial charge in [-0.3, -0.25) is 9.69 Å². The van der Waals surface area contributed by atoms with Crippen molar-refractivity contribution in [2.75, 3.05) is 40.0 Å². The summed E-state index contributed by atoms with van der Waals surface area (Å²) in [6.07, 6.45) is 2.31. The number of hydrogen-bond donors (Lipinski definition) is 1. The van der Waals surface area contributed by atoms with Gasteiger partial charge in [0.15, 0.2) is 11.5 Å². The molecule has 23 heavy (non-hydrogen) atoms. The summed E-state index contributed by atoms with van der Waals surface area (Å²) >= 11 is 0. The summed E-state index contributed by atoms with van der Waals surface area (Å²) in [4.78, 5) is 14.0. The number of nitrogens with zero attached hydrogens (tertiary/aromatic N) is 1. The molecule has 1 fully saturated rings. The fraction of sp³-hybridized carbons (Fsp3) is 0.588. The number of nitrogens with one attached hydrogen (secondary N) is 1. The van der Waals surface area contributed by atoms with E-state index < -0.39 is 0 Å². The minimum absolute atomic E-state index is 0.0283. The van der Waals surface area contributed by atoms with Gasteiger partial charge in [-0.2, -0.15) is 0 Å². The zero-order valence-corrected chi connectivity index (χ0v) is 13.5. The monoisotopic (exact) mass is 320 g/mol. The second-order valence-corrected chi connectivity index (χ2v) is 6.09. The van der Waals surface area contributed by atoms with Crippen molar-refractivity contribution in [2.24, 2.45) is 0 Å². The maximum absolute atomic E-state index is 12.0. The number of carbonyl (C=O) groups excluding carboxylic acids is 1. The lowest BCUT2D eigenvalue weighted by Crippen LogP contribution is -2.38. The molecule has 0 spiro atoms. The maximum Gasteiger partial charge on any atom is 0.234 e. The number of hydrogen-bond acceptors (Lipinski definition) is 5. The Bertz CT molecular complexity index is 543. The highest BCUT2D eigenvalue weighted by Crippen LogP contribution is 2.30. The number of benzene rings is 1. The van der Waals surface area contributed by atoms with Gasteiger partial charge in [0, 0.05) is 19.7 Å². The van der Waals surface area contributed by atoms with Gasteiger partial charge in [-0.25, -0.2) is 0 Å². The number of amides is 1. The number of fused-ring (bicyclic) bond motifs is 1. The molecule has 126 valence electrons. The van der Waals surface area contributed by atoms with Gasteiger partial charge in [0.05, 0.1) is 12.6 Å². The predicted molar refractivity (Wildman–Crippen MR) is 85.7 cm³/mol. The molecule has 1 aromatic carbocycles. The molecule has 1 N–H and O–H groups in total. The second kappa shape index (κ2) is 7.66. The third-order valence-electron chi connectivity index (χ3n) is 4.02. The maximum atomic E-state index is 12.0. The molecule has 6 nitrogen and oxygen atoms in total. The summed E-state index contributed by atoms with van der Waals surface area (Å²) in [7, 11) is 1.93. The van der Waals surface area contributed by atoms with Crippen LogP contribution in [0.4, 0.5) is 0 Å². The molecular formula is C17H24N2O4. The summed E-state index contributed by atoms with van der Waals surface area (Å²) in [5, 5.41) is 2.94. The average Bonchev–Trinajstić information content (AvgIpc) is 3.06. The minimum Gasteiger partial charge on any atom is -0.486 e. The molecule has 6 heteroatoms. The molecular weight excluding hydrogens is 296 g/mol. The van der Waals surface area contributed by atoms with Crippen molar-refractivity contribution >= 4 is 5.91 Å². The normalized spacial score (nSPS) is 19.8. The molecule has 3 rings (SSSR count). The summed E-state index contributed by atoms with van der Waals surface area (Å²) < 4.78 is 16.6. The summed E-state index contributed by atoms with van der Waals surface area (Å²) in [5.74, 6) is 1.60. The predicted octanol–water partition coefficient (Wildman–Crippen LogP) is 1.18. The van der Waals surface area contributed by atoms with Crippen LogP contribution in [0.5, 0.6) is 11.5 Å². The van der Waals surface area contributed by atoms with Crippen molar-refractivity contribution in [3.8, 4) is 11.5 Å². The Hall–Kier alpha value is -1.79. The van der Waals surface area contributed by atoms with E-state index in [9.17, 15) is 4.79 Å². The Balaban J connectivity index is 1.44. The van der Waals surface area contributed by atoms with Crippen LogP contribution < -0.4 is 14.8 Å². The highest BCUT2D eigenvalue weighted by Gasteiger charge is 2.17. The van der Waals surface area contributed by atoms with Gasteiger partial charge in [-0.15, -0.1) is 0 Å². The first-order chi connectivity index (χ1) is 11.2. The Kier molecular flexibility index (Phi) is 5.35. The van der Waals surface area contributed by atoms with Crippen LogP contribution in [0.3, 0.4) is 0 Å². The summed E-state index contributed by atoms with van der Waals surface area (Å²) in [5.41, 5.74) is 1.10. The molecule has 0 saturated carbocycles. The minimum atomic E-state index is 0.0283. The van der Waals surface area contributed by atoms with E-state index in [1.165, 1.54) is 0 Å². The first-order valence-electron chi connectivity index (χ1n) is 8.16. The first-order valence-corrected chi connectivity index (χ1v) is 8.16. The van der Waals surface area contributed by atoms with E-state index in [0.717, 1.165) is 36.5 Å². The first kappa shape index (κ1) is 16.1. The Morgan fingerprint density at radius 1 is 1.26 bits per heavy atom. The van der Waals surface area contributed by atoms with Gasteiger partial charge in [-0.05, 0) is 37.6 Å². The molecule has 2 heterocycles. The van der Waals surface area contributed by atoms with Gasteiger partial charge < -0.3 is 19.5 Å². The SMILES string of the molecule is CN(CC(=O)NCC1CCCO1)Cc1ccc2c(c1)OCCO2. The number of likely N-dealkylation sites (N-methyl/N-ethyl adjacent to an activating group) is 1. The zero-order valence-electron chi connectivity index (χ0n) is 13.5. The highest BCUT2D eigenvalue weighted by atomic mass is 16.6. The van der Waals surface area contributed by atoms with Gasteiger partial charge in [-0.1, -0.05) is 6.07 Å². The second-order valence-electron chi connectivity index (χ2n) is 6.09. The molecule has 2 aliphatic heterocycles. The van der Waals surface area contributed by atoms with Crippen molar-refractivity contribution in [3.05, 3.63) is 23.8 Å². The van der Waals surface area contributed by atoms with Crippen LogP contribution in [-0.4, -0.2) is 56.9 Å². The molecule has 1 amide bonds. The standard InChI is InChI=1S/C17H24N2O4/c1-19(12-17(20)18-10-14-3-2-6-21-14)11-13-4-5-15-16(9-13)23-8-7-22-15/h4-5,9,14H,2-3,6-8,10-12H2,1H3,(H,18,20). The molecule has 1 saturated heterocycles. The van der Waals surface area contributed by atoms with Gasteiger partial charge in [0.25, 0.3) is 0 Å². The van der Waals surface area contributed by atoms with Crippen molar-refractivity contribution in [2.45, 2.75) is 25.5 Å². The molecule has 1 atom stereocenters. The van der Waals surface area contributed by atoms with Crippen molar-refractivity contribution in [1.29, 1.82) is 0 Å². The molecule has 1 aromatic rings. The lowest BCUT2D eigenvalue weighted by molar-refractivity contribution is -0.122. The van der Waals surface area contributed by atoms with Crippen molar-refractivity contribution < 1.29 is 19.0 Å². The largest absolute Gasteiger partial charge is 0.486 e. The van der Waals surface area contributed by atoms with E-state index in [4.69, 9.17) is 14.2 Å². The molecule has 0 radical (unpaired) electrons. The fourth-order valence-corrected chi connectivity index (χ4v) is 2.89. The Morgan fingerprint density at radius 2 is 2.09 bits per heavy atom. The quantitative estimate of drug-likeness (QED) is 0.853. The van der Waals surface area contributed by atoms with E-state index in [-0.39, 0.29) is 12.0 Å². The number of rotatable bonds is 6. The van der Waals surface area contributed by atoms with E-state index in [0.29, 0.717) is 32.8 Å². The Labute approximate surface area is 136 Å². The number of carbonyl (C=O) groups is 1. The van der Waals surface area contributed by atoms with Crippen LogP contribution in [0.1, 0.15) is 18.4 Å². The van der Waals surface area contributed by atoms with Crippen LogP contribution in [0.15, 0.2) is 18.2 Å². The van der Waals surface area contributed by atoms with E-state index in [1.54, 1.807) is 0 Å². The fourth-order valence-electron chi connectivity index (χ4n) is 2.89. The van der Waals surface area contributed by atoms with E-state index in [2.05, 4.69) is 5.32 Å². The van der Waals surface area contributed by atoms with Crippen LogP contribution in [0, 0.1) is 0 Å². The summed E-state index contributed by atoms with van der Waals surface area (Å²) in [6, 6.07) is 5.92. The average molecular weight is 320 g/mol.